The fourth-order valence-corrected chi connectivity index (χ4v) is 7.02. The van der Waals surface area contributed by atoms with Crippen LogP contribution in [-0.4, -0.2) is 71.6 Å². The summed E-state index contributed by atoms with van der Waals surface area (Å²) in [4.78, 5) is 24.1. The third kappa shape index (κ3) is 5.82. The minimum Gasteiger partial charge on any atom is -0.496 e. The maximum absolute atomic E-state index is 13.9. The Bertz CT molecular complexity index is 1980. The summed E-state index contributed by atoms with van der Waals surface area (Å²) in [6.45, 7) is 5.31. The number of aryl methyl sites for hydroxylation is 1. The number of fused-ring (bicyclic) bond motifs is 2. The fourth-order valence-electron chi connectivity index (χ4n) is 5.71. The van der Waals surface area contributed by atoms with E-state index in [-0.39, 0.29) is 23.0 Å². The van der Waals surface area contributed by atoms with Crippen molar-refractivity contribution in [3.63, 3.8) is 0 Å². The average Bonchev–Trinajstić information content (AvgIpc) is 3.43. The zero-order valence-corrected chi connectivity index (χ0v) is 26.4. The Morgan fingerprint density at radius 1 is 1.11 bits per heavy atom. The zero-order chi connectivity index (χ0) is 31.9. The Hall–Kier alpha value is -4.58. The Labute approximate surface area is 262 Å². The Balaban J connectivity index is 1.50. The van der Waals surface area contributed by atoms with Crippen LogP contribution in [0.25, 0.3) is 33.5 Å². The monoisotopic (exact) mass is 625 g/mol. The first-order valence-corrected chi connectivity index (χ1v) is 16.2. The fraction of sp³-hybridized carbons (Fsp3) is 0.265. The number of aliphatic hydroxyl groups excluding tert-OH is 1. The molecule has 11 heteroatoms. The van der Waals surface area contributed by atoms with Crippen LogP contribution >= 0.6 is 0 Å². The molecule has 3 heterocycles. The van der Waals surface area contributed by atoms with Gasteiger partial charge in [-0.15, -0.1) is 0 Å². The van der Waals surface area contributed by atoms with E-state index in [4.69, 9.17) is 9.72 Å². The summed E-state index contributed by atoms with van der Waals surface area (Å²) in [7, 11) is -0.730. The molecule has 10 nitrogen and oxygen atoms in total. The number of benzene rings is 3. The molecule has 0 spiro atoms. The van der Waals surface area contributed by atoms with Crippen molar-refractivity contribution in [3.05, 3.63) is 95.3 Å². The van der Waals surface area contributed by atoms with Gasteiger partial charge >= 0.3 is 0 Å². The minimum atomic E-state index is -4.01. The molecule has 0 saturated heterocycles. The highest BCUT2D eigenvalue weighted by atomic mass is 32.2. The van der Waals surface area contributed by atoms with Crippen molar-refractivity contribution < 1.29 is 23.1 Å². The van der Waals surface area contributed by atoms with E-state index in [0.717, 1.165) is 42.0 Å². The van der Waals surface area contributed by atoms with Crippen molar-refractivity contribution >= 4 is 27.1 Å². The van der Waals surface area contributed by atoms with Gasteiger partial charge in [0.1, 0.15) is 11.3 Å². The van der Waals surface area contributed by atoms with E-state index in [1.165, 1.54) is 14.4 Å². The van der Waals surface area contributed by atoms with E-state index in [0.29, 0.717) is 27.9 Å². The predicted octanol–water partition coefficient (Wildman–Crippen LogP) is 4.42. The highest BCUT2D eigenvalue weighted by molar-refractivity contribution is 7.90. The highest BCUT2D eigenvalue weighted by Gasteiger charge is 2.25. The van der Waals surface area contributed by atoms with Gasteiger partial charge in [-0.1, -0.05) is 29.8 Å². The minimum absolute atomic E-state index is 0.137. The lowest BCUT2D eigenvalue weighted by Crippen LogP contribution is -2.32. The van der Waals surface area contributed by atoms with Gasteiger partial charge in [-0.25, -0.2) is 22.4 Å². The van der Waals surface area contributed by atoms with Crippen molar-refractivity contribution in [2.24, 2.45) is 0 Å². The van der Waals surface area contributed by atoms with E-state index < -0.39 is 16.1 Å². The van der Waals surface area contributed by atoms with E-state index in [2.05, 4.69) is 16.4 Å². The number of aromatic nitrogens is 3. The van der Waals surface area contributed by atoms with Crippen LogP contribution in [0.2, 0.25) is 0 Å². The molecule has 232 valence electrons. The number of likely N-dealkylation sites (N-methyl/N-ethyl adjacent to an activating group) is 1. The van der Waals surface area contributed by atoms with E-state index in [9.17, 15) is 18.3 Å². The molecular formula is C34H35N5O5S. The van der Waals surface area contributed by atoms with Gasteiger partial charge in [0.15, 0.2) is 5.65 Å². The van der Waals surface area contributed by atoms with Gasteiger partial charge in [0.25, 0.3) is 15.9 Å². The molecule has 0 fully saturated rings. The Morgan fingerprint density at radius 3 is 2.53 bits per heavy atom. The second kappa shape index (κ2) is 12.1. The van der Waals surface area contributed by atoms with Crippen LogP contribution in [0, 0.1) is 6.92 Å². The molecule has 1 unspecified atom stereocenters. The number of hydrogen-bond acceptors (Lipinski definition) is 8. The first kappa shape index (κ1) is 30.4. The molecule has 0 bridgehead atoms. The maximum atomic E-state index is 13.9. The lowest BCUT2D eigenvalue weighted by Gasteiger charge is -2.21. The molecule has 1 amide bonds. The van der Waals surface area contributed by atoms with Gasteiger partial charge in [0.05, 0.1) is 30.0 Å². The molecule has 1 aliphatic heterocycles. The molecule has 0 saturated carbocycles. The summed E-state index contributed by atoms with van der Waals surface area (Å²) < 4.78 is 34.7. The Morgan fingerprint density at radius 2 is 1.84 bits per heavy atom. The molecule has 6 rings (SSSR count). The first-order chi connectivity index (χ1) is 21.6. The number of nitrogens with zero attached hydrogens (tertiary/aromatic N) is 4. The molecular weight excluding hydrogens is 590 g/mol. The molecule has 45 heavy (non-hydrogen) atoms. The van der Waals surface area contributed by atoms with Crippen molar-refractivity contribution in [1.82, 2.24) is 24.2 Å². The quantitative estimate of drug-likeness (QED) is 0.260. The molecule has 5 aromatic rings. The molecule has 1 atom stereocenters. The number of nitrogens with one attached hydrogen (secondary N) is 1. The van der Waals surface area contributed by atoms with Gasteiger partial charge in [-0.2, -0.15) is 0 Å². The van der Waals surface area contributed by atoms with E-state index in [1.807, 2.05) is 13.0 Å². The SMILES string of the molecule is COc1cc(-c2cnc3c(n2)c(-c2ccc(C(=O)N(C)CC(C)O)cc2)cn3S(=O)(=O)c2ccc(C)cc2)cc2c1CNCC2. The maximum Gasteiger partial charge on any atom is 0.269 e. The number of amides is 1. The Kier molecular flexibility index (Phi) is 8.17. The highest BCUT2D eigenvalue weighted by Crippen LogP contribution is 2.35. The van der Waals surface area contributed by atoms with Crippen molar-refractivity contribution in [2.75, 3.05) is 27.2 Å². The largest absolute Gasteiger partial charge is 0.496 e. The van der Waals surface area contributed by atoms with Crippen LogP contribution in [0.4, 0.5) is 0 Å². The molecule has 1 aliphatic rings. The van der Waals surface area contributed by atoms with Crippen LogP contribution < -0.4 is 10.1 Å². The van der Waals surface area contributed by atoms with Crippen LogP contribution in [0.1, 0.15) is 34.0 Å². The molecule has 2 N–H and O–H groups in total. The van der Waals surface area contributed by atoms with E-state index >= 15 is 0 Å². The number of ether oxygens (including phenoxy) is 1. The lowest BCUT2D eigenvalue weighted by atomic mass is 9.96. The van der Waals surface area contributed by atoms with Gasteiger partial charge < -0.3 is 20.1 Å². The summed E-state index contributed by atoms with van der Waals surface area (Å²) in [6.07, 6.45) is 3.33. The number of methoxy groups -OCH3 is 1. The molecule has 0 radical (unpaired) electrons. The summed E-state index contributed by atoms with van der Waals surface area (Å²) in [5, 5.41) is 13.1. The van der Waals surface area contributed by atoms with E-state index in [1.54, 1.807) is 82.0 Å². The van der Waals surface area contributed by atoms with Gasteiger partial charge in [0.2, 0.25) is 0 Å². The normalized spacial score (nSPS) is 13.8. The van der Waals surface area contributed by atoms with Gasteiger partial charge in [0, 0.05) is 48.6 Å². The first-order valence-electron chi connectivity index (χ1n) is 14.7. The van der Waals surface area contributed by atoms with Crippen LogP contribution in [0.3, 0.4) is 0 Å². The molecule has 3 aromatic carbocycles. The lowest BCUT2D eigenvalue weighted by molar-refractivity contribution is 0.0703. The van der Waals surface area contributed by atoms with Gasteiger partial charge in [-0.3, -0.25) is 4.79 Å². The number of rotatable bonds is 8. The zero-order valence-electron chi connectivity index (χ0n) is 25.6. The molecule has 2 aromatic heterocycles. The van der Waals surface area contributed by atoms with Crippen LogP contribution in [-0.2, 0) is 23.0 Å². The van der Waals surface area contributed by atoms with Crippen LogP contribution in [0.15, 0.2) is 78.0 Å². The van der Waals surface area contributed by atoms with Crippen LogP contribution in [0.5, 0.6) is 5.75 Å². The summed E-state index contributed by atoms with van der Waals surface area (Å²) in [6, 6.07) is 17.6. The third-order valence-electron chi connectivity index (χ3n) is 8.06. The van der Waals surface area contributed by atoms with Crippen molar-refractivity contribution in [2.45, 2.75) is 37.8 Å². The van der Waals surface area contributed by atoms with Gasteiger partial charge in [-0.05, 0) is 74.3 Å². The number of hydrogen-bond donors (Lipinski definition) is 2. The number of carbonyl (C=O) groups excluding carboxylic acids is 1. The summed E-state index contributed by atoms with van der Waals surface area (Å²) in [5.74, 6) is 0.530. The van der Waals surface area contributed by atoms with Crippen molar-refractivity contribution in [3.8, 4) is 28.1 Å². The smallest absolute Gasteiger partial charge is 0.269 e. The average molecular weight is 626 g/mol. The molecule has 0 aliphatic carbocycles. The predicted molar refractivity (Wildman–Crippen MR) is 173 cm³/mol. The number of carbonyl (C=O) groups is 1. The van der Waals surface area contributed by atoms with Crippen molar-refractivity contribution in [1.29, 1.82) is 0 Å². The second-order valence-corrected chi connectivity index (χ2v) is 13.3. The standard InChI is InChI=1S/C34H35N5O5S/c1-21-5-11-27(12-6-21)45(42,43)39-20-29(23-7-9-24(10-8-23)34(41)38(3)19-22(2)40)32-33(39)36-18-30(37-32)26-15-25-13-14-35-17-28(25)31(16-26)44-4/h5-12,15-16,18,20,22,35,40H,13-14,17,19H2,1-4H3. The third-order valence-corrected chi connectivity index (χ3v) is 9.72. The number of aliphatic hydroxyl groups is 1. The second-order valence-electron chi connectivity index (χ2n) is 11.4. The summed E-state index contributed by atoms with van der Waals surface area (Å²) >= 11 is 0. The summed E-state index contributed by atoms with van der Waals surface area (Å²) in [5.41, 5.74) is 6.92. The topological polar surface area (TPSA) is 127 Å².